The van der Waals surface area contributed by atoms with Gasteiger partial charge >= 0.3 is 0 Å². The van der Waals surface area contributed by atoms with Gasteiger partial charge in [0.05, 0.1) is 11.9 Å². The van der Waals surface area contributed by atoms with Gasteiger partial charge in [-0.15, -0.1) is 11.3 Å². The summed E-state index contributed by atoms with van der Waals surface area (Å²) in [6, 6.07) is 1.70. The highest BCUT2D eigenvalue weighted by molar-refractivity contribution is 7.94. The molecule has 20 heavy (non-hydrogen) atoms. The Balaban J connectivity index is 2.21. The molecule has 0 saturated carbocycles. The third kappa shape index (κ3) is 3.38. The van der Waals surface area contributed by atoms with Crippen LogP contribution in [0.3, 0.4) is 0 Å². The van der Waals surface area contributed by atoms with Gasteiger partial charge in [0.2, 0.25) is 0 Å². The fourth-order valence-corrected chi connectivity index (χ4v) is 4.30. The van der Waals surface area contributed by atoms with Crippen LogP contribution < -0.4 is 10.0 Å². The molecule has 8 heteroatoms. The number of sulfonamides is 1. The van der Waals surface area contributed by atoms with Crippen molar-refractivity contribution < 1.29 is 8.42 Å². The highest BCUT2D eigenvalue weighted by Gasteiger charge is 2.19. The molecule has 6 nitrogen and oxygen atoms in total. The molecule has 0 saturated heterocycles. The maximum absolute atomic E-state index is 12.3. The minimum absolute atomic E-state index is 0.326. The summed E-state index contributed by atoms with van der Waals surface area (Å²) < 4.78 is 29.0. The van der Waals surface area contributed by atoms with Crippen LogP contribution in [0.2, 0.25) is 0 Å². The minimum atomic E-state index is -3.54. The van der Waals surface area contributed by atoms with Gasteiger partial charge in [0.15, 0.2) is 0 Å². The number of rotatable bonds is 6. The Hall–Kier alpha value is -1.38. The second kappa shape index (κ2) is 5.94. The van der Waals surface area contributed by atoms with E-state index in [-0.39, 0.29) is 0 Å². The van der Waals surface area contributed by atoms with E-state index in [2.05, 4.69) is 15.1 Å². The van der Waals surface area contributed by atoms with Crippen LogP contribution in [-0.4, -0.2) is 24.7 Å². The summed E-state index contributed by atoms with van der Waals surface area (Å²) in [7, 11) is -1.80. The Bertz CT molecular complexity index is 688. The molecule has 2 aromatic heterocycles. The first-order valence-corrected chi connectivity index (χ1v) is 8.54. The zero-order chi connectivity index (χ0) is 14.8. The standard InChI is InChI=1S/C12H18N4O2S2/c1-4-13-7-11-9(2)5-12(19-11)20(17,18)15-10-6-14-16(3)8-10/h5-6,8,13,15H,4,7H2,1-3H3. The van der Waals surface area contributed by atoms with Gasteiger partial charge < -0.3 is 5.32 Å². The molecule has 110 valence electrons. The third-order valence-corrected chi connectivity index (χ3v) is 5.85. The highest BCUT2D eigenvalue weighted by Crippen LogP contribution is 2.27. The summed E-state index contributed by atoms with van der Waals surface area (Å²) in [5.74, 6) is 0. The van der Waals surface area contributed by atoms with Crippen molar-refractivity contribution >= 4 is 27.0 Å². The predicted octanol–water partition coefficient (Wildman–Crippen LogP) is 1.70. The smallest absolute Gasteiger partial charge is 0.271 e. The van der Waals surface area contributed by atoms with Gasteiger partial charge in [-0.3, -0.25) is 9.40 Å². The quantitative estimate of drug-likeness (QED) is 0.851. The van der Waals surface area contributed by atoms with E-state index >= 15 is 0 Å². The molecule has 0 amide bonds. The van der Waals surface area contributed by atoms with E-state index in [0.717, 1.165) is 17.0 Å². The van der Waals surface area contributed by atoms with Crippen LogP contribution in [0, 0.1) is 6.92 Å². The average molecular weight is 314 g/mol. The van der Waals surface area contributed by atoms with Gasteiger partial charge in [-0.1, -0.05) is 6.92 Å². The molecule has 0 aliphatic carbocycles. The lowest BCUT2D eigenvalue weighted by atomic mass is 10.3. The van der Waals surface area contributed by atoms with Crippen molar-refractivity contribution in [2.75, 3.05) is 11.3 Å². The monoisotopic (exact) mass is 314 g/mol. The Kier molecular flexibility index (Phi) is 4.46. The molecule has 0 aromatic carbocycles. The molecule has 2 N–H and O–H groups in total. The van der Waals surface area contributed by atoms with Gasteiger partial charge in [-0.05, 0) is 25.1 Å². The zero-order valence-corrected chi connectivity index (χ0v) is 13.3. The van der Waals surface area contributed by atoms with Crippen LogP contribution in [0.25, 0.3) is 0 Å². The van der Waals surface area contributed by atoms with Crippen molar-refractivity contribution in [3.05, 3.63) is 28.9 Å². The van der Waals surface area contributed by atoms with E-state index in [1.54, 1.807) is 24.0 Å². The van der Waals surface area contributed by atoms with Crippen molar-refractivity contribution in [3.8, 4) is 0 Å². The summed E-state index contributed by atoms with van der Waals surface area (Å²) in [6.07, 6.45) is 3.11. The van der Waals surface area contributed by atoms with Crippen LogP contribution in [0.15, 0.2) is 22.7 Å². The Labute approximate surface area is 122 Å². The van der Waals surface area contributed by atoms with E-state index in [1.165, 1.54) is 17.5 Å². The number of thiophene rings is 1. The van der Waals surface area contributed by atoms with E-state index in [1.807, 2.05) is 13.8 Å². The van der Waals surface area contributed by atoms with E-state index < -0.39 is 10.0 Å². The molecule has 2 heterocycles. The zero-order valence-electron chi connectivity index (χ0n) is 11.7. The van der Waals surface area contributed by atoms with Crippen molar-refractivity contribution in [1.29, 1.82) is 0 Å². The summed E-state index contributed by atoms with van der Waals surface area (Å²) in [4.78, 5) is 1.04. The fraction of sp³-hybridized carbons (Fsp3) is 0.417. The lowest BCUT2D eigenvalue weighted by molar-refractivity contribution is 0.603. The highest BCUT2D eigenvalue weighted by atomic mass is 32.2. The van der Waals surface area contributed by atoms with E-state index in [4.69, 9.17) is 0 Å². The van der Waals surface area contributed by atoms with Crippen LogP contribution >= 0.6 is 11.3 Å². The number of aromatic nitrogens is 2. The summed E-state index contributed by atoms with van der Waals surface area (Å²) in [5.41, 5.74) is 1.45. The van der Waals surface area contributed by atoms with Crippen LogP contribution in [0.5, 0.6) is 0 Å². The molecule has 0 fully saturated rings. The van der Waals surface area contributed by atoms with Crippen molar-refractivity contribution in [2.45, 2.75) is 24.6 Å². The topological polar surface area (TPSA) is 76.0 Å². The normalized spacial score (nSPS) is 11.8. The minimum Gasteiger partial charge on any atom is -0.312 e. The van der Waals surface area contributed by atoms with E-state index in [9.17, 15) is 8.42 Å². The van der Waals surface area contributed by atoms with Crippen LogP contribution in [-0.2, 0) is 23.6 Å². The Morgan fingerprint density at radius 1 is 1.45 bits per heavy atom. The van der Waals surface area contributed by atoms with Gasteiger partial charge in [0.1, 0.15) is 4.21 Å². The maximum Gasteiger partial charge on any atom is 0.271 e. The van der Waals surface area contributed by atoms with Gasteiger partial charge in [-0.2, -0.15) is 5.10 Å². The Morgan fingerprint density at radius 3 is 2.80 bits per heavy atom. The second-order valence-corrected chi connectivity index (χ2v) is 7.51. The SMILES string of the molecule is CCNCc1sc(S(=O)(=O)Nc2cnn(C)c2)cc1C. The molecule has 0 radical (unpaired) electrons. The Morgan fingerprint density at radius 2 is 2.20 bits per heavy atom. The molecule has 0 bridgehead atoms. The third-order valence-electron chi connectivity index (χ3n) is 2.76. The van der Waals surface area contributed by atoms with Crippen molar-refractivity contribution in [3.63, 3.8) is 0 Å². The molecule has 0 aliphatic rings. The second-order valence-electron chi connectivity index (χ2n) is 4.46. The van der Waals surface area contributed by atoms with Gasteiger partial charge in [0, 0.05) is 24.7 Å². The van der Waals surface area contributed by atoms with Gasteiger partial charge in [-0.25, -0.2) is 8.42 Å². The predicted molar refractivity (Wildman–Crippen MR) is 80.5 cm³/mol. The largest absolute Gasteiger partial charge is 0.312 e. The van der Waals surface area contributed by atoms with Crippen LogP contribution in [0.1, 0.15) is 17.4 Å². The number of anilines is 1. The number of nitrogens with zero attached hydrogens (tertiary/aromatic N) is 2. The summed E-state index contributed by atoms with van der Waals surface area (Å²) in [5, 5.41) is 7.15. The lowest BCUT2D eigenvalue weighted by Crippen LogP contribution is -2.11. The molecule has 2 aromatic rings. The first-order valence-electron chi connectivity index (χ1n) is 6.24. The maximum atomic E-state index is 12.3. The van der Waals surface area contributed by atoms with Crippen molar-refractivity contribution in [2.24, 2.45) is 7.05 Å². The molecule has 0 spiro atoms. The first-order chi connectivity index (χ1) is 9.42. The van der Waals surface area contributed by atoms with E-state index in [0.29, 0.717) is 16.4 Å². The number of nitrogens with one attached hydrogen (secondary N) is 2. The molecule has 2 rings (SSSR count). The molecule has 0 unspecified atom stereocenters. The first kappa shape index (κ1) is 15.0. The van der Waals surface area contributed by atoms with Crippen LogP contribution in [0.4, 0.5) is 5.69 Å². The molecular weight excluding hydrogens is 296 g/mol. The number of aryl methyl sites for hydroxylation is 2. The summed E-state index contributed by atoms with van der Waals surface area (Å²) >= 11 is 1.29. The number of hydrogen-bond donors (Lipinski definition) is 2. The van der Waals surface area contributed by atoms with Crippen molar-refractivity contribution in [1.82, 2.24) is 15.1 Å². The number of hydrogen-bond acceptors (Lipinski definition) is 5. The van der Waals surface area contributed by atoms with Gasteiger partial charge in [0.25, 0.3) is 10.0 Å². The fourth-order valence-electron chi connectivity index (χ4n) is 1.71. The lowest BCUT2D eigenvalue weighted by Gasteiger charge is -2.02. The molecule has 0 aliphatic heterocycles. The summed E-state index contributed by atoms with van der Waals surface area (Å²) in [6.45, 7) is 5.49. The average Bonchev–Trinajstić information content (AvgIpc) is 2.93. The molecule has 0 atom stereocenters. The molecular formula is C12H18N4O2S2.